The molecule has 1 heterocycles. The number of H-pyrrole nitrogens is 1. The Labute approximate surface area is 233 Å². The number of nitrogens with zero attached hydrogens (tertiary/aromatic N) is 1. The molecule has 1 aromatic carbocycles. The summed E-state index contributed by atoms with van der Waals surface area (Å²) in [4.78, 5) is 79.2. The van der Waals surface area contributed by atoms with E-state index < -0.39 is 85.5 Å². The zero-order valence-electron chi connectivity index (χ0n) is 21.8. The maximum atomic E-state index is 13.3. The highest BCUT2D eigenvalue weighted by Crippen LogP contribution is 2.11. The number of carboxylic acids is 3. The minimum absolute atomic E-state index is 0.0288. The molecule has 2 aromatic rings. The van der Waals surface area contributed by atoms with Crippen LogP contribution in [0.2, 0.25) is 0 Å². The first kappa shape index (κ1) is 32.2. The number of rotatable bonds is 17. The number of nitrogens with two attached hydrogens (primary N) is 1. The van der Waals surface area contributed by atoms with Crippen LogP contribution < -0.4 is 21.7 Å². The number of imidazole rings is 1. The van der Waals surface area contributed by atoms with E-state index in [9.17, 15) is 39.0 Å². The summed E-state index contributed by atoms with van der Waals surface area (Å²) in [6.45, 7) is 0. The largest absolute Gasteiger partial charge is 0.508 e. The van der Waals surface area contributed by atoms with E-state index in [2.05, 4.69) is 25.9 Å². The molecular weight excluding hydrogens is 544 g/mol. The molecule has 0 saturated heterocycles. The number of carboxylic acid groups (broad SMARTS) is 3. The highest BCUT2D eigenvalue weighted by molar-refractivity contribution is 5.94. The van der Waals surface area contributed by atoms with Crippen LogP contribution in [0.4, 0.5) is 0 Å². The molecule has 0 bridgehead atoms. The Kier molecular flexibility index (Phi) is 12.2. The predicted octanol–water partition coefficient (Wildman–Crippen LogP) is -1.50. The Morgan fingerprint density at radius 2 is 1.32 bits per heavy atom. The summed E-state index contributed by atoms with van der Waals surface area (Å²) < 4.78 is 0. The quantitative estimate of drug-likeness (QED) is 0.104. The maximum Gasteiger partial charge on any atom is 0.326 e. The molecule has 3 amide bonds. The number of carbonyl (C=O) groups is 6. The normalized spacial score (nSPS) is 13.7. The van der Waals surface area contributed by atoms with Crippen LogP contribution in [0.1, 0.15) is 36.9 Å². The van der Waals surface area contributed by atoms with Gasteiger partial charge in [-0.15, -0.1) is 0 Å². The van der Waals surface area contributed by atoms with Crippen molar-refractivity contribution in [3.63, 3.8) is 0 Å². The summed E-state index contributed by atoms with van der Waals surface area (Å²) in [6, 6.07) is 0.441. The van der Waals surface area contributed by atoms with Crippen LogP contribution in [0, 0.1) is 0 Å². The molecule has 1 aromatic heterocycles. The van der Waals surface area contributed by atoms with Crippen molar-refractivity contribution in [1.29, 1.82) is 0 Å². The van der Waals surface area contributed by atoms with Crippen molar-refractivity contribution in [2.75, 3.05) is 0 Å². The molecule has 2 rings (SSSR count). The number of aromatic hydroxyl groups is 1. The van der Waals surface area contributed by atoms with E-state index in [1.807, 2.05) is 0 Å². The third-order valence-electron chi connectivity index (χ3n) is 5.88. The fraction of sp³-hybridized carbons (Fsp3) is 0.400. The van der Waals surface area contributed by atoms with Crippen LogP contribution in [0.25, 0.3) is 0 Å². The second-order valence-electron chi connectivity index (χ2n) is 9.14. The summed E-state index contributed by atoms with van der Waals surface area (Å²) in [5, 5.41) is 43.7. The molecule has 16 heteroatoms. The maximum absolute atomic E-state index is 13.3. The Hall–Kier alpha value is -4.99. The molecule has 10 N–H and O–H groups in total. The summed E-state index contributed by atoms with van der Waals surface area (Å²) in [7, 11) is 0. The number of benzene rings is 1. The van der Waals surface area contributed by atoms with Crippen LogP contribution in [-0.4, -0.2) is 90.2 Å². The van der Waals surface area contributed by atoms with Crippen molar-refractivity contribution in [1.82, 2.24) is 25.9 Å². The summed E-state index contributed by atoms with van der Waals surface area (Å²) in [5.74, 6) is -6.73. The van der Waals surface area contributed by atoms with Crippen LogP contribution in [0.15, 0.2) is 36.8 Å². The number of aliphatic carboxylic acids is 3. The number of aromatic amines is 1. The molecule has 0 aliphatic carbocycles. The van der Waals surface area contributed by atoms with Crippen molar-refractivity contribution in [3.05, 3.63) is 48.0 Å². The molecule has 0 aliphatic heterocycles. The third-order valence-corrected chi connectivity index (χ3v) is 5.88. The molecule has 41 heavy (non-hydrogen) atoms. The van der Waals surface area contributed by atoms with E-state index in [-0.39, 0.29) is 18.6 Å². The third kappa shape index (κ3) is 11.3. The van der Waals surface area contributed by atoms with Crippen LogP contribution >= 0.6 is 0 Å². The molecular formula is C25H32N6O10. The van der Waals surface area contributed by atoms with Gasteiger partial charge in [-0.3, -0.25) is 24.0 Å². The van der Waals surface area contributed by atoms with Gasteiger partial charge in [0.25, 0.3) is 0 Å². The second-order valence-corrected chi connectivity index (χ2v) is 9.14. The van der Waals surface area contributed by atoms with Crippen molar-refractivity contribution >= 4 is 35.6 Å². The van der Waals surface area contributed by atoms with E-state index in [0.717, 1.165) is 0 Å². The van der Waals surface area contributed by atoms with Gasteiger partial charge in [-0.2, -0.15) is 0 Å². The Bertz CT molecular complexity index is 1220. The van der Waals surface area contributed by atoms with Crippen molar-refractivity contribution < 1.29 is 49.2 Å². The van der Waals surface area contributed by atoms with E-state index in [0.29, 0.717) is 11.3 Å². The highest BCUT2D eigenvalue weighted by Gasteiger charge is 2.31. The van der Waals surface area contributed by atoms with E-state index in [1.54, 1.807) is 12.1 Å². The van der Waals surface area contributed by atoms with Crippen molar-refractivity contribution in [3.8, 4) is 5.75 Å². The number of hydrogen-bond acceptors (Lipinski definition) is 9. The zero-order chi connectivity index (χ0) is 30.5. The number of nitrogens with one attached hydrogen (secondary N) is 4. The van der Waals surface area contributed by atoms with E-state index in [4.69, 9.17) is 15.9 Å². The number of amides is 3. The monoisotopic (exact) mass is 576 g/mol. The van der Waals surface area contributed by atoms with Gasteiger partial charge >= 0.3 is 17.9 Å². The molecule has 222 valence electrons. The van der Waals surface area contributed by atoms with Gasteiger partial charge in [0.1, 0.15) is 23.9 Å². The first-order chi connectivity index (χ1) is 19.3. The lowest BCUT2D eigenvalue weighted by Gasteiger charge is -2.25. The standard InChI is InChI=1S/C25H32N6O10/c26-16(9-13-1-3-15(32)4-2-13)22(37)31-19(10-14-11-27-12-28-14)24(39)29-17(5-7-20(33)34)23(38)30-18(25(40)41)6-8-21(35)36/h1-4,11-12,16-19,32H,5-10,26H2,(H,27,28)(H,29,39)(H,30,38)(H,31,37)(H,33,34)(H,35,36)(H,40,41). The molecule has 4 unspecified atom stereocenters. The van der Waals surface area contributed by atoms with Gasteiger partial charge < -0.3 is 47.1 Å². The average Bonchev–Trinajstić information content (AvgIpc) is 3.42. The van der Waals surface area contributed by atoms with Gasteiger partial charge in [0.15, 0.2) is 0 Å². The van der Waals surface area contributed by atoms with Crippen molar-refractivity contribution in [2.24, 2.45) is 5.73 Å². The lowest BCUT2D eigenvalue weighted by atomic mass is 10.0. The summed E-state index contributed by atoms with van der Waals surface area (Å²) in [6.07, 6.45) is 0.684. The molecule has 0 spiro atoms. The molecule has 0 aliphatic rings. The topological polar surface area (TPSA) is 274 Å². The summed E-state index contributed by atoms with van der Waals surface area (Å²) >= 11 is 0. The fourth-order valence-electron chi connectivity index (χ4n) is 3.69. The van der Waals surface area contributed by atoms with Gasteiger partial charge in [0.05, 0.1) is 12.4 Å². The molecule has 16 nitrogen and oxygen atoms in total. The number of phenolic OH excluding ortho intramolecular Hbond substituents is 1. The van der Waals surface area contributed by atoms with Crippen LogP contribution in [-0.2, 0) is 41.6 Å². The number of carbonyl (C=O) groups excluding carboxylic acids is 3. The fourth-order valence-corrected chi connectivity index (χ4v) is 3.69. The van der Waals surface area contributed by atoms with E-state index in [1.165, 1.54) is 24.7 Å². The minimum atomic E-state index is -1.61. The Morgan fingerprint density at radius 1 is 0.780 bits per heavy atom. The number of aromatic nitrogens is 2. The zero-order valence-corrected chi connectivity index (χ0v) is 21.8. The minimum Gasteiger partial charge on any atom is -0.508 e. The average molecular weight is 577 g/mol. The second kappa shape index (κ2) is 15.6. The Morgan fingerprint density at radius 3 is 1.85 bits per heavy atom. The van der Waals surface area contributed by atoms with Gasteiger partial charge in [-0.25, -0.2) is 9.78 Å². The number of phenols is 1. The predicted molar refractivity (Wildman–Crippen MR) is 139 cm³/mol. The van der Waals surface area contributed by atoms with Crippen LogP contribution in [0.3, 0.4) is 0 Å². The first-order valence-electron chi connectivity index (χ1n) is 12.4. The van der Waals surface area contributed by atoms with Gasteiger partial charge in [0.2, 0.25) is 17.7 Å². The lowest BCUT2D eigenvalue weighted by Crippen LogP contribution is -2.57. The van der Waals surface area contributed by atoms with Gasteiger partial charge in [-0.1, -0.05) is 12.1 Å². The van der Waals surface area contributed by atoms with Crippen molar-refractivity contribution in [2.45, 2.75) is 62.7 Å². The molecule has 4 atom stereocenters. The lowest BCUT2D eigenvalue weighted by molar-refractivity contribution is -0.144. The summed E-state index contributed by atoms with van der Waals surface area (Å²) in [5.41, 5.74) is 7.09. The molecule has 0 saturated carbocycles. The highest BCUT2D eigenvalue weighted by atomic mass is 16.4. The smallest absolute Gasteiger partial charge is 0.326 e. The molecule has 0 fully saturated rings. The number of hydrogen-bond donors (Lipinski definition) is 9. The van der Waals surface area contributed by atoms with Crippen LogP contribution in [0.5, 0.6) is 5.75 Å². The Balaban J connectivity index is 2.19. The SMILES string of the molecule is NC(Cc1ccc(O)cc1)C(=O)NC(Cc1cnc[nH]1)C(=O)NC(CCC(=O)O)C(=O)NC(CCC(=O)O)C(=O)O. The van der Waals surface area contributed by atoms with Gasteiger partial charge in [0, 0.05) is 31.2 Å². The van der Waals surface area contributed by atoms with Gasteiger partial charge in [-0.05, 0) is 37.0 Å². The van der Waals surface area contributed by atoms with E-state index >= 15 is 0 Å². The first-order valence-corrected chi connectivity index (χ1v) is 12.4. The molecule has 0 radical (unpaired) electrons.